The van der Waals surface area contributed by atoms with Crippen LogP contribution in [0.5, 0.6) is 0 Å². The first kappa shape index (κ1) is 12.3. The summed E-state index contributed by atoms with van der Waals surface area (Å²) in [5.74, 6) is -0.625. The largest absolute Gasteiger partial charge is 0.398 e. The highest BCUT2D eigenvalue weighted by atomic mass is 19.1. The molecule has 0 aliphatic carbocycles. The summed E-state index contributed by atoms with van der Waals surface area (Å²) in [6, 6.07) is 9.29. The Morgan fingerprint density at radius 1 is 1.06 bits per heavy atom. The molecule has 92 valence electrons. The van der Waals surface area contributed by atoms with E-state index < -0.39 is 5.82 Å². The van der Waals surface area contributed by atoms with Crippen molar-refractivity contribution >= 4 is 11.5 Å². The second-order valence-corrected chi connectivity index (χ2v) is 4.36. The van der Waals surface area contributed by atoms with Crippen molar-refractivity contribution in [2.45, 2.75) is 13.8 Å². The van der Waals surface area contributed by atoms with Crippen LogP contribution in [0.3, 0.4) is 0 Å². The van der Waals surface area contributed by atoms with Gasteiger partial charge in [0.1, 0.15) is 5.82 Å². The number of benzene rings is 2. The first-order valence-corrected chi connectivity index (χ1v) is 5.66. The quantitative estimate of drug-likeness (QED) is 0.650. The van der Waals surface area contributed by atoms with Crippen LogP contribution in [-0.2, 0) is 0 Å². The van der Waals surface area contributed by atoms with Crippen molar-refractivity contribution in [1.82, 2.24) is 0 Å². The standard InChI is InChI=1S/C15H14FNO/c1-9-3-4-11(7-10(9)2)15(18)13-6-5-12(16)8-14(13)17/h3-8H,17H2,1-2H3. The summed E-state index contributed by atoms with van der Waals surface area (Å²) in [7, 11) is 0. The van der Waals surface area contributed by atoms with Gasteiger partial charge < -0.3 is 5.73 Å². The van der Waals surface area contributed by atoms with Gasteiger partial charge >= 0.3 is 0 Å². The van der Waals surface area contributed by atoms with Gasteiger partial charge in [-0.3, -0.25) is 4.79 Å². The SMILES string of the molecule is Cc1ccc(C(=O)c2ccc(F)cc2N)cc1C. The molecular formula is C15H14FNO. The first-order chi connectivity index (χ1) is 8.49. The van der Waals surface area contributed by atoms with E-state index in [0.717, 1.165) is 17.2 Å². The minimum atomic E-state index is -0.441. The number of anilines is 1. The monoisotopic (exact) mass is 243 g/mol. The fourth-order valence-corrected chi connectivity index (χ4v) is 1.78. The van der Waals surface area contributed by atoms with Gasteiger partial charge in [-0.15, -0.1) is 0 Å². The van der Waals surface area contributed by atoms with E-state index in [0.29, 0.717) is 11.1 Å². The Bertz CT molecular complexity index is 620. The number of carbonyl (C=O) groups excluding carboxylic acids is 1. The molecule has 0 aliphatic rings. The van der Waals surface area contributed by atoms with Crippen LogP contribution >= 0.6 is 0 Å². The average molecular weight is 243 g/mol. The number of carbonyl (C=O) groups is 1. The Kier molecular flexibility index (Phi) is 3.15. The van der Waals surface area contributed by atoms with Crippen molar-refractivity contribution < 1.29 is 9.18 Å². The van der Waals surface area contributed by atoms with Crippen molar-refractivity contribution in [3.8, 4) is 0 Å². The van der Waals surface area contributed by atoms with E-state index in [4.69, 9.17) is 5.73 Å². The van der Waals surface area contributed by atoms with E-state index in [-0.39, 0.29) is 11.5 Å². The maximum atomic E-state index is 12.9. The Morgan fingerprint density at radius 2 is 1.78 bits per heavy atom. The molecule has 0 aromatic heterocycles. The molecule has 0 aliphatic heterocycles. The molecule has 0 bridgehead atoms. The van der Waals surface area contributed by atoms with Gasteiger partial charge in [-0.2, -0.15) is 0 Å². The van der Waals surface area contributed by atoms with E-state index >= 15 is 0 Å². The Labute approximate surface area is 105 Å². The van der Waals surface area contributed by atoms with Gasteiger partial charge in [-0.1, -0.05) is 12.1 Å². The molecule has 3 heteroatoms. The Morgan fingerprint density at radius 3 is 2.39 bits per heavy atom. The van der Waals surface area contributed by atoms with Crippen LogP contribution in [0.2, 0.25) is 0 Å². The Balaban J connectivity index is 2.44. The number of aryl methyl sites for hydroxylation is 2. The van der Waals surface area contributed by atoms with Gasteiger partial charge in [-0.05, 0) is 49.2 Å². The highest BCUT2D eigenvalue weighted by molar-refractivity contribution is 6.12. The second kappa shape index (κ2) is 4.61. The summed E-state index contributed by atoms with van der Waals surface area (Å²) in [6.07, 6.45) is 0. The number of hydrogen-bond donors (Lipinski definition) is 1. The maximum absolute atomic E-state index is 12.9. The lowest BCUT2D eigenvalue weighted by molar-refractivity contribution is 0.103. The number of nitrogen functional groups attached to an aromatic ring is 1. The van der Waals surface area contributed by atoms with Gasteiger partial charge in [0.25, 0.3) is 0 Å². The molecule has 0 atom stereocenters. The predicted octanol–water partition coefficient (Wildman–Crippen LogP) is 3.26. The lowest BCUT2D eigenvalue weighted by Gasteiger charge is -2.07. The maximum Gasteiger partial charge on any atom is 0.195 e. The predicted molar refractivity (Wildman–Crippen MR) is 70.2 cm³/mol. The van der Waals surface area contributed by atoms with E-state index in [2.05, 4.69) is 0 Å². The molecule has 0 fully saturated rings. The molecule has 2 rings (SSSR count). The summed E-state index contributed by atoms with van der Waals surface area (Å²) >= 11 is 0. The molecule has 2 aromatic rings. The molecule has 2 N–H and O–H groups in total. The third kappa shape index (κ3) is 2.25. The van der Waals surface area contributed by atoms with E-state index in [9.17, 15) is 9.18 Å². The molecule has 0 amide bonds. The number of hydrogen-bond acceptors (Lipinski definition) is 2. The van der Waals surface area contributed by atoms with Crippen molar-refractivity contribution in [3.63, 3.8) is 0 Å². The summed E-state index contributed by atoms with van der Waals surface area (Å²) < 4.78 is 12.9. The fourth-order valence-electron chi connectivity index (χ4n) is 1.78. The van der Waals surface area contributed by atoms with Crippen molar-refractivity contribution in [1.29, 1.82) is 0 Å². The van der Waals surface area contributed by atoms with E-state index in [1.807, 2.05) is 26.0 Å². The molecule has 0 heterocycles. The average Bonchev–Trinajstić information content (AvgIpc) is 2.32. The molecule has 0 spiro atoms. The van der Waals surface area contributed by atoms with Gasteiger partial charge in [0.05, 0.1) is 0 Å². The molecule has 0 saturated carbocycles. The lowest BCUT2D eigenvalue weighted by atomic mass is 9.98. The number of ketones is 1. The van der Waals surface area contributed by atoms with Crippen LogP contribution < -0.4 is 5.73 Å². The zero-order valence-electron chi connectivity index (χ0n) is 10.3. The lowest BCUT2D eigenvalue weighted by Crippen LogP contribution is -2.06. The normalized spacial score (nSPS) is 10.4. The number of rotatable bonds is 2. The molecule has 2 nitrogen and oxygen atoms in total. The van der Waals surface area contributed by atoms with Crippen LogP contribution in [0, 0.1) is 19.7 Å². The zero-order valence-corrected chi connectivity index (χ0v) is 10.3. The Hall–Kier alpha value is -2.16. The molecule has 0 saturated heterocycles. The van der Waals surface area contributed by atoms with Gasteiger partial charge in [0.2, 0.25) is 0 Å². The second-order valence-electron chi connectivity index (χ2n) is 4.36. The van der Waals surface area contributed by atoms with Gasteiger partial charge in [-0.25, -0.2) is 4.39 Å². The topological polar surface area (TPSA) is 43.1 Å². The van der Waals surface area contributed by atoms with E-state index in [1.165, 1.54) is 12.1 Å². The first-order valence-electron chi connectivity index (χ1n) is 5.66. The fraction of sp³-hybridized carbons (Fsp3) is 0.133. The highest BCUT2D eigenvalue weighted by Crippen LogP contribution is 2.19. The van der Waals surface area contributed by atoms with E-state index in [1.54, 1.807) is 6.07 Å². The molecular weight excluding hydrogens is 229 g/mol. The van der Waals surface area contributed by atoms with Crippen LogP contribution in [0.4, 0.5) is 10.1 Å². The van der Waals surface area contributed by atoms with Crippen molar-refractivity contribution in [3.05, 3.63) is 64.5 Å². The third-order valence-corrected chi connectivity index (χ3v) is 3.03. The molecule has 2 aromatic carbocycles. The summed E-state index contributed by atoms with van der Waals surface area (Å²) in [4.78, 5) is 12.2. The molecule has 0 unspecified atom stereocenters. The zero-order chi connectivity index (χ0) is 13.3. The number of halogens is 1. The van der Waals surface area contributed by atoms with Crippen molar-refractivity contribution in [2.75, 3.05) is 5.73 Å². The minimum absolute atomic E-state index is 0.165. The smallest absolute Gasteiger partial charge is 0.195 e. The van der Waals surface area contributed by atoms with Crippen molar-refractivity contribution in [2.24, 2.45) is 0 Å². The number of nitrogens with two attached hydrogens (primary N) is 1. The van der Waals surface area contributed by atoms with Gasteiger partial charge in [0.15, 0.2) is 5.78 Å². The summed E-state index contributed by atoms with van der Waals surface area (Å²) in [6.45, 7) is 3.93. The molecule has 0 radical (unpaired) electrons. The van der Waals surface area contributed by atoms with Gasteiger partial charge in [0, 0.05) is 16.8 Å². The summed E-state index contributed by atoms with van der Waals surface area (Å²) in [5, 5.41) is 0. The third-order valence-electron chi connectivity index (χ3n) is 3.03. The van der Waals surface area contributed by atoms with Crippen LogP contribution in [0.1, 0.15) is 27.0 Å². The van der Waals surface area contributed by atoms with Crippen LogP contribution in [0.15, 0.2) is 36.4 Å². The summed E-state index contributed by atoms with van der Waals surface area (Å²) in [5.41, 5.74) is 8.90. The highest BCUT2D eigenvalue weighted by Gasteiger charge is 2.13. The van der Waals surface area contributed by atoms with Crippen LogP contribution in [0.25, 0.3) is 0 Å². The minimum Gasteiger partial charge on any atom is -0.398 e. The van der Waals surface area contributed by atoms with Crippen LogP contribution in [-0.4, -0.2) is 5.78 Å². The molecule has 18 heavy (non-hydrogen) atoms.